The topological polar surface area (TPSA) is 237 Å². The van der Waals surface area contributed by atoms with Gasteiger partial charge in [-0.1, -0.05) is 0 Å². The van der Waals surface area contributed by atoms with E-state index in [0.717, 1.165) is 0 Å². The predicted octanol–water partition coefficient (Wildman–Crippen LogP) is -4.74. The lowest BCUT2D eigenvalue weighted by Gasteiger charge is -2.18. The Balaban J connectivity index is 4.68. The molecule has 0 aliphatic rings. The first kappa shape index (κ1) is 22.8. The van der Waals surface area contributed by atoms with Crippen LogP contribution in [0.5, 0.6) is 0 Å². The van der Waals surface area contributed by atoms with Crippen LogP contribution in [0, 0.1) is 0 Å². The first-order valence-electron chi connectivity index (χ1n) is 7.42. The summed E-state index contributed by atoms with van der Waals surface area (Å²) in [6.07, 6.45) is -0.939. The average Bonchev–Trinajstić information content (AvgIpc) is 2.54. The Hall–Kier alpha value is -3.22. The molecule has 0 saturated heterocycles. The molecule has 5 amide bonds. The van der Waals surface area contributed by atoms with E-state index in [-0.39, 0.29) is 12.8 Å². The van der Waals surface area contributed by atoms with Crippen molar-refractivity contribution >= 4 is 35.5 Å². The summed E-state index contributed by atoms with van der Waals surface area (Å²) in [6, 6.07) is -2.70. The van der Waals surface area contributed by atoms with Gasteiger partial charge in [0.05, 0.1) is 19.5 Å². The van der Waals surface area contributed by atoms with E-state index in [2.05, 4.69) is 10.6 Å². The summed E-state index contributed by atoms with van der Waals surface area (Å²) < 4.78 is 0. The highest BCUT2D eigenvalue weighted by Crippen LogP contribution is 1.98. The smallest absolute Gasteiger partial charge is 0.326 e. The van der Waals surface area contributed by atoms with Gasteiger partial charge in [0.25, 0.3) is 0 Å². The third kappa shape index (κ3) is 9.82. The zero-order valence-electron chi connectivity index (χ0n) is 13.8. The molecular weight excluding hydrogens is 352 g/mol. The van der Waals surface area contributed by atoms with Gasteiger partial charge < -0.3 is 38.3 Å². The number of nitrogens with one attached hydrogen (secondary N) is 3. The Morgan fingerprint density at radius 3 is 1.92 bits per heavy atom. The third-order valence-electron chi connectivity index (χ3n) is 2.98. The van der Waals surface area contributed by atoms with Crippen LogP contribution in [-0.4, -0.2) is 65.8 Å². The molecule has 0 aliphatic heterocycles. The SMILES string of the molecule is NCC(=O)NC(CCC(N)=O)C(=O)NCC(=O)NC(CC(N)=O)C(=O)O. The molecule has 0 aromatic carbocycles. The maximum absolute atomic E-state index is 12.0. The molecule has 2 atom stereocenters. The summed E-state index contributed by atoms with van der Waals surface area (Å²) in [5.74, 6) is -5.46. The van der Waals surface area contributed by atoms with Gasteiger partial charge in [-0.2, -0.15) is 0 Å². The monoisotopic (exact) mass is 374 g/mol. The van der Waals surface area contributed by atoms with Gasteiger partial charge in [0.1, 0.15) is 12.1 Å². The zero-order chi connectivity index (χ0) is 20.3. The number of aliphatic carboxylic acids is 1. The third-order valence-corrected chi connectivity index (χ3v) is 2.98. The summed E-state index contributed by atoms with van der Waals surface area (Å²) in [5, 5.41) is 15.3. The van der Waals surface area contributed by atoms with Crippen molar-refractivity contribution in [2.45, 2.75) is 31.3 Å². The minimum absolute atomic E-state index is 0.117. The Morgan fingerprint density at radius 2 is 1.46 bits per heavy atom. The number of hydrogen-bond acceptors (Lipinski definition) is 7. The minimum atomic E-state index is -1.54. The number of carboxylic acid groups (broad SMARTS) is 1. The fourth-order valence-corrected chi connectivity index (χ4v) is 1.75. The number of rotatable bonds is 12. The molecule has 0 bridgehead atoms. The van der Waals surface area contributed by atoms with Crippen LogP contribution in [0.4, 0.5) is 0 Å². The van der Waals surface area contributed by atoms with E-state index in [4.69, 9.17) is 22.3 Å². The molecule has 0 spiro atoms. The quantitative estimate of drug-likeness (QED) is 0.174. The van der Waals surface area contributed by atoms with Crippen LogP contribution in [-0.2, 0) is 28.8 Å². The van der Waals surface area contributed by atoms with Crippen molar-refractivity contribution in [1.29, 1.82) is 0 Å². The van der Waals surface area contributed by atoms with Crippen LogP contribution in [0.25, 0.3) is 0 Å². The normalized spacial score (nSPS) is 12.3. The van der Waals surface area contributed by atoms with E-state index in [0.29, 0.717) is 0 Å². The number of nitrogens with two attached hydrogens (primary N) is 3. The van der Waals surface area contributed by atoms with Crippen molar-refractivity contribution in [3.63, 3.8) is 0 Å². The van der Waals surface area contributed by atoms with Crippen molar-refractivity contribution in [3.8, 4) is 0 Å². The molecule has 0 heterocycles. The van der Waals surface area contributed by atoms with Crippen LogP contribution < -0.4 is 33.2 Å². The number of carboxylic acids is 1. The van der Waals surface area contributed by atoms with Crippen LogP contribution in [0.1, 0.15) is 19.3 Å². The van der Waals surface area contributed by atoms with E-state index in [9.17, 15) is 28.8 Å². The van der Waals surface area contributed by atoms with Gasteiger partial charge in [0, 0.05) is 6.42 Å². The molecule has 0 fully saturated rings. The van der Waals surface area contributed by atoms with Gasteiger partial charge in [-0.3, -0.25) is 24.0 Å². The van der Waals surface area contributed by atoms with Crippen molar-refractivity contribution in [1.82, 2.24) is 16.0 Å². The second kappa shape index (κ2) is 11.4. The highest BCUT2D eigenvalue weighted by atomic mass is 16.4. The Bertz CT molecular complexity index is 579. The van der Waals surface area contributed by atoms with Crippen LogP contribution >= 0.6 is 0 Å². The van der Waals surface area contributed by atoms with Gasteiger partial charge in [-0.05, 0) is 6.42 Å². The lowest BCUT2D eigenvalue weighted by Crippen LogP contribution is -2.52. The molecule has 13 heteroatoms. The molecule has 0 rings (SSSR count). The van der Waals surface area contributed by atoms with Gasteiger partial charge in [-0.25, -0.2) is 4.79 Å². The molecule has 146 valence electrons. The van der Waals surface area contributed by atoms with Gasteiger partial charge in [0.15, 0.2) is 0 Å². The van der Waals surface area contributed by atoms with E-state index >= 15 is 0 Å². The number of carbonyl (C=O) groups excluding carboxylic acids is 5. The molecule has 0 saturated carbocycles. The molecular formula is C13H22N6O7. The molecule has 0 aromatic rings. The second-order valence-electron chi connectivity index (χ2n) is 5.18. The number of primary amides is 2. The lowest BCUT2D eigenvalue weighted by atomic mass is 10.1. The zero-order valence-corrected chi connectivity index (χ0v) is 13.8. The van der Waals surface area contributed by atoms with Crippen molar-refractivity contribution in [3.05, 3.63) is 0 Å². The van der Waals surface area contributed by atoms with E-state index in [1.807, 2.05) is 5.32 Å². The predicted molar refractivity (Wildman–Crippen MR) is 85.8 cm³/mol. The van der Waals surface area contributed by atoms with Gasteiger partial charge in [-0.15, -0.1) is 0 Å². The highest BCUT2D eigenvalue weighted by molar-refractivity contribution is 5.93. The first-order chi connectivity index (χ1) is 12.1. The van der Waals surface area contributed by atoms with Crippen LogP contribution in [0.15, 0.2) is 0 Å². The molecule has 13 nitrogen and oxygen atoms in total. The Morgan fingerprint density at radius 1 is 0.885 bits per heavy atom. The molecule has 26 heavy (non-hydrogen) atoms. The van der Waals surface area contributed by atoms with Gasteiger partial charge >= 0.3 is 5.97 Å². The van der Waals surface area contributed by atoms with E-state index in [1.165, 1.54) is 0 Å². The van der Waals surface area contributed by atoms with Crippen molar-refractivity contribution in [2.75, 3.05) is 13.1 Å². The minimum Gasteiger partial charge on any atom is -0.480 e. The lowest BCUT2D eigenvalue weighted by molar-refractivity contribution is -0.143. The number of hydrogen-bond donors (Lipinski definition) is 7. The maximum atomic E-state index is 12.0. The number of carbonyl (C=O) groups is 6. The second-order valence-corrected chi connectivity index (χ2v) is 5.18. The fourth-order valence-electron chi connectivity index (χ4n) is 1.75. The van der Waals surface area contributed by atoms with Crippen molar-refractivity contribution < 1.29 is 33.9 Å². The van der Waals surface area contributed by atoms with Crippen molar-refractivity contribution in [2.24, 2.45) is 17.2 Å². The first-order valence-corrected chi connectivity index (χ1v) is 7.42. The van der Waals surface area contributed by atoms with Gasteiger partial charge in [0.2, 0.25) is 29.5 Å². The van der Waals surface area contributed by atoms with Crippen LogP contribution in [0.2, 0.25) is 0 Å². The molecule has 2 unspecified atom stereocenters. The molecule has 0 radical (unpaired) electrons. The summed E-state index contributed by atoms with van der Waals surface area (Å²) in [4.78, 5) is 67.5. The van der Waals surface area contributed by atoms with Crippen LogP contribution in [0.3, 0.4) is 0 Å². The standard InChI is InChI=1S/C13H22N6O7/c14-4-10(22)18-6(1-2-8(15)20)12(24)17-5-11(23)19-7(13(25)26)3-9(16)21/h6-7H,1-5,14H2,(H2,15,20)(H2,16,21)(H,17,24)(H,18,22)(H,19,23)(H,25,26). The average molecular weight is 374 g/mol. The summed E-state index contributed by atoms with van der Waals surface area (Å²) >= 11 is 0. The van der Waals surface area contributed by atoms with E-state index in [1.54, 1.807) is 0 Å². The maximum Gasteiger partial charge on any atom is 0.326 e. The Labute approximate surface area is 148 Å². The highest BCUT2D eigenvalue weighted by Gasteiger charge is 2.24. The Kier molecular flexibility index (Phi) is 9.95. The molecule has 10 N–H and O–H groups in total. The molecule has 0 aliphatic carbocycles. The van der Waals surface area contributed by atoms with E-state index < -0.39 is 67.1 Å². The number of amides is 5. The largest absolute Gasteiger partial charge is 0.480 e. The molecule has 0 aromatic heterocycles. The summed E-state index contributed by atoms with van der Waals surface area (Å²) in [7, 11) is 0. The summed E-state index contributed by atoms with van der Waals surface area (Å²) in [5.41, 5.74) is 15.0. The fraction of sp³-hybridized carbons (Fsp3) is 0.538. The summed E-state index contributed by atoms with van der Waals surface area (Å²) in [6.45, 7) is -1.03.